The second kappa shape index (κ2) is 4.56. The molecule has 0 fully saturated rings. The van der Waals surface area contributed by atoms with Gasteiger partial charge < -0.3 is 9.64 Å². The van der Waals surface area contributed by atoms with Crippen molar-refractivity contribution in [2.24, 2.45) is 0 Å². The maximum absolute atomic E-state index is 12.2. The molecule has 3 nitrogen and oxygen atoms in total. The zero-order valence-electron chi connectivity index (χ0n) is 9.77. The van der Waals surface area contributed by atoms with Crippen LogP contribution in [0.15, 0.2) is 24.3 Å². The Morgan fingerprint density at radius 2 is 2.06 bits per heavy atom. The van der Waals surface area contributed by atoms with Crippen molar-refractivity contribution in [2.45, 2.75) is 19.8 Å². The first-order valence-corrected chi connectivity index (χ1v) is 5.78. The molecule has 0 N–H and O–H groups in total. The number of para-hydroxylation sites is 1. The Morgan fingerprint density at radius 1 is 1.38 bits per heavy atom. The highest BCUT2D eigenvalue weighted by Crippen LogP contribution is 2.34. The van der Waals surface area contributed by atoms with E-state index < -0.39 is 0 Å². The normalized spacial score (nSPS) is 17.8. The van der Waals surface area contributed by atoms with Crippen LogP contribution in [0.2, 0.25) is 0 Å². The number of hydrogen-bond acceptors (Lipinski definition) is 2. The summed E-state index contributed by atoms with van der Waals surface area (Å²) in [6, 6.07) is 7.79. The molecular formula is C13H17NO2. The summed E-state index contributed by atoms with van der Waals surface area (Å²) >= 11 is 0. The minimum atomic E-state index is -0.115. The smallest absolute Gasteiger partial charge is 0.233 e. The van der Waals surface area contributed by atoms with Crippen molar-refractivity contribution < 1.29 is 9.53 Å². The van der Waals surface area contributed by atoms with Crippen LogP contribution in [0.5, 0.6) is 5.75 Å². The van der Waals surface area contributed by atoms with Crippen molar-refractivity contribution in [1.29, 1.82) is 0 Å². The van der Waals surface area contributed by atoms with E-state index in [1.807, 2.05) is 43.0 Å². The Kier molecular flexibility index (Phi) is 3.13. The van der Waals surface area contributed by atoms with Gasteiger partial charge in [-0.25, -0.2) is 0 Å². The molecule has 0 saturated carbocycles. The van der Waals surface area contributed by atoms with E-state index in [0.29, 0.717) is 6.61 Å². The van der Waals surface area contributed by atoms with E-state index in [1.54, 1.807) is 0 Å². The number of fused-ring (bicyclic) bond motifs is 1. The lowest BCUT2D eigenvalue weighted by Crippen LogP contribution is -2.35. The molecule has 3 heteroatoms. The monoisotopic (exact) mass is 219 g/mol. The fraction of sp³-hybridized carbons (Fsp3) is 0.462. The van der Waals surface area contributed by atoms with Crippen LogP contribution in [0.4, 0.5) is 0 Å². The number of benzene rings is 1. The van der Waals surface area contributed by atoms with Crippen molar-refractivity contribution in [2.75, 3.05) is 19.7 Å². The van der Waals surface area contributed by atoms with Gasteiger partial charge in [0.25, 0.3) is 0 Å². The molecule has 1 atom stereocenters. The summed E-state index contributed by atoms with van der Waals surface area (Å²) in [5.74, 6) is 0.916. The molecule has 1 aromatic rings. The number of nitrogens with zero attached hydrogens (tertiary/aromatic N) is 1. The van der Waals surface area contributed by atoms with E-state index in [0.717, 1.165) is 24.4 Å². The lowest BCUT2D eigenvalue weighted by Gasteiger charge is -2.21. The highest BCUT2D eigenvalue weighted by Gasteiger charge is 2.32. The van der Waals surface area contributed by atoms with Crippen LogP contribution in [-0.4, -0.2) is 30.5 Å². The Hall–Kier alpha value is -1.51. The SMILES string of the molecule is CCN(CC)C(=O)C1COc2ccccc21. The summed E-state index contributed by atoms with van der Waals surface area (Å²) in [5.41, 5.74) is 1.03. The second-order valence-electron chi connectivity index (χ2n) is 3.91. The van der Waals surface area contributed by atoms with Crippen LogP contribution in [0.1, 0.15) is 25.3 Å². The number of likely N-dealkylation sites (N-methyl/N-ethyl adjacent to an activating group) is 1. The van der Waals surface area contributed by atoms with E-state index in [-0.39, 0.29) is 11.8 Å². The van der Waals surface area contributed by atoms with Gasteiger partial charge in [0, 0.05) is 18.7 Å². The summed E-state index contributed by atoms with van der Waals surface area (Å²) < 4.78 is 5.52. The molecule has 86 valence electrons. The Morgan fingerprint density at radius 3 is 2.75 bits per heavy atom. The van der Waals surface area contributed by atoms with Crippen LogP contribution in [0.25, 0.3) is 0 Å². The molecule has 1 amide bonds. The van der Waals surface area contributed by atoms with Gasteiger partial charge in [-0.1, -0.05) is 18.2 Å². The first kappa shape index (κ1) is 11.0. The Labute approximate surface area is 96.0 Å². The Balaban J connectivity index is 2.22. The molecule has 16 heavy (non-hydrogen) atoms. The summed E-state index contributed by atoms with van der Waals surface area (Å²) in [5, 5.41) is 0. The van der Waals surface area contributed by atoms with Gasteiger partial charge in [0.05, 0.1) is 0 Å². The zero-order valence-corrected chi connectivity index (χ0v) is 9.77. The summed E-state index contributed by atoms with van der Waals surface area (Å²) in [6.45, 7) is 6.00. The molecule has 1 aliphatic heterocycles. The molecule has 2 rings (SSSR count). The van der Waals surface area contributed by atoms with Crippen LogP contribution in [-0.2, 0) is 4.79 Å². The van der Waals surface area contributed by atoms with Crippen molar-refractivity contribution in [3.8, 4) is 5.75 Å². The van der Waals surface area contributed by atoms with Gasteiger partial charge in [-0.2, -0.15) is 0 Å². The predicted octanol–water partition coefficient (Wildman–Crippen LogP) is 2.03. The maximum atomic E-state index is 12.2. The average Bonchev–Trinajstić information content (AvgIpc) is 2.74. The van der Waals surface area contributed by atoms with E-state index in [4.69, 9.17) is 4.74 Å². The van der Waals surface area contributed by atoms with Gasteiger partial charge in [0.1, 0.15) is 18.3 Å². The zero-order chi connectivity index (χ0) is 11.5. The standard InChI is InChI=1S/C13H17NO2/c1-3-14(4-2)13(15)11-9-16-12-8-6-5-7-10(11)12/h5-8,11H,3-4,9H2,1-2H3. The van der Waals surface area contributed by atoms with E-state index in [1.165, 1.54) is 0 Å². The lowest BCUT2D eigenvalue weighted by molar-refractivity contribution is -0.132. The lowest BCUT2D eigenvalue weighted by atomic mass is 10.00. The fourth-order valence-electron chi connectivity index (χ4n) is 2.12. The summed E-state index contributed by atoms with van der Waals surface area (Å²) in [4.78, 5) is 14.1. The largest absolute Gasteiger partial charge is 0.492 e. The molecule has 0 spiro atoms. The minimum absolute atomic E-state index is 0.115. The molecule has 0 aliphatic carbocycles. The van der Waals surface area contributed by atoms with Gasteiger partial charge in [-0.05, 0) is 19.9 Å². The average molecular weight is 219 g/mol. The molecule has 1 heterocycles. The molecule has 0 radical (unpaired) electrons. The molecule has 0 aromatic heterocycles. The van der Waals surface area contributed by atoms with Crippen molar-refractivity contribution in [3.63, 3.8) is 0 Å². The summed E-state index contributed by atoms with van der Waals surface area (Å²) in [7, 11) is 0. The van der Waals surface area contributed by atoms with E-state index in [2.05, 4.69) is 0 Å². The van der Waals surface area contributed by atoms with Crippen LogP contribution in [0, 0.1) is 0 Å². The topological polar surface area (TPSA) is 29.5 Å². The first-order valence-electron chi connectivity index (χ1n) is 5.78. The van der Waals surface area contributed by atoms with Gasteiger partial charge in [-0.3, -0.25) is 4.79 Å². The highest BCUT2D eigenvalue weighted by molar-refractivity contribution is 5.85. The number of ether oxygens (including phenoxy) is 1. The molecule has 0 bridgehead atoms. The summed E-state index contributed by atoms with van der Waals surface area (Å²) in [6.07, 6.45) is 0. The first-order chi connectivity index (χ1) is 7.77. The molecule has 1 aliphatic rings. The number of amides is 1. The van der Waals surface area contributed by atoms with Gasteiger partial charge in [0.2, 0.25) is 5.91 Å². The van der Waals surface area contributed by atoms with Crippen molar-refractivity contribution >= 4 is 5.91 Å². The van der Waals surface area contributed by atoms with Crippen molar-refractivity contribution in [3.05, 3.63) is 29.8 Å². The molecular weight excluding hydrogens is 202 g/mol. The van der Waals surface area contributed by atoms with Crippen LogP contribution < -0.4 is 4.74 Å². The van der Waals surface area contributed by atoms with Crippen LogP contribution >= 0.6 is 0 Å². The molecule has 1 unspecified atom stereocenters. The molecule has 1 aromatic carbocycles. The van der Waals surface area contributed by atoms with Crippen LogP contribution in [0.3, 0.4) is 0 Å². The third-order valence-corrected chi connectivity index (χ3v) is 3.07. The number of carbonyl (C=O) groups excluding carboxylic acids is 1. The third kappa shape index (κ3) is 1.77. The quantitative estimate of drug-likeness (QED) is 0.778. The number of rotatable bonds is 3. The minimum Gasteiger partial charge on any atom is -0.492 e. The fourth-order valence-corrected chi connectivity index (χ4v) is 2.12. The predicted molar refractivity (Wildman–Crippen MR) is 62.6 cm³/mol. The Bertz CT molecular complexity index is 385. The van der Waals surface area contributed by atoms with E-state index in [9.17, 15) is 4.79 Å². The van der Waals surface area contributed by atoms with Gasteiger partial charge >= 0.3 is 0 Å². The highest BCUT2D eigenvalue weighted by atomic mass is 16.5. The number of carbonyl (C=O) groups is 1. The van der Waals surface area contributed by atoms with Gasteiger partial charge in [0.15, 0.2) is 0 Å². The maximum Gasteiger partial charge on any atom is 0.233 e. The third-order valence-electron chi connectivity index (χ3n) is 3.07. The van der Waals surface area contributed by atoms with Crippen molar-refractivity contribution in [1.82, 2.24) is 4.90 Å². The second-order valence-corrected chi connectivity index (χ2v) is 3.91. The van der Waals surface area contributed by atoms with E-state index >= 15 is 0 Å². The van der Waals surface area contributed by atoms with Gasteiger partial charge in [-0.15, -0.1) is 0 Å². The molecule has 0 saturated heterocycles. The number of hydrogen-bond donors (Lipinski definition) is 0.